The summed E-state index contributed by atoms with van der Waals surface area (Å²) in [5, 5.41) is 0. The van der Waals surface area contributed by atoms with E-state index in [1.807, 2.05) is 0 Å². The van der Waals surface area contributed by atoms with Crippen LogP contribution in [-0.2, 0) is 34.5 Å². The van der Waals surface area contributed by atoms with E-state index in [4.69, 9.17) is 13.7 Å². The Morgan fingerprint density at radius 1 is 0.875 bits per heavy atom. The summed E-state index contributed by atoms with van der Waals surface area (Å²) in [7, 11) is -13.9. The zero-order chi connectivity index (χ0) is 13.6. The summed E-state index contributed by atoms with van der Waals surface area (Å²) < 4.78 is 83.1. The third kappa shape index (κ3) is 23.5. The summed E-state index contributed by atoms with van der Waals surface area (Å²) >= 11 is 0. The van der Waals surface area contributed by atoms with Crippen molar-refractivity contribution >= 4 is 30.9 Å². The Balaban J connectivity index is 0. The van der Waals surface area contributed by atoms with Crippen LogP contribution in [0.3, 0.4) is 0 Å². The molecule has 0 saturated heterocycles. The smallest absolute Gasteiger partial charge is 0.286 e. The average Bonchev–Trinajstić information content (AvgIpc) is 1.73. The molecule has 0 fully saturated rings. The molecule has 0 aliphatic carbocycles. The van der Waals surface area contributed by atoms with Crippen LogP contribution in [0.2, 0.25) is 0 Å². The topological polar surface area (TPSA) is 172 Å². The summed E-state index contributed by atoms with van der Waals surface area (Å²) in [4.78, 5) is 0. The lowest BCUT2D eigenvalue weighted by Crippen LogP contribution is -2.10. The second-order valence-electron chi connectivity index (χ2n) is 2.21. The van der Waals surface area contributed by atoms with Gasteiger partial charge in [-0.15, -0.1) is 3.63 Å². The molecular formula is C3H10O10S3. The lowest BCUT2D eigenvalue weighted by atomic mass is 10.6. The first-order chi connectivity index (χ1) is 6.77. The van der Waals surface area contributed by atoms with Crippen LogP contribution >= 0.6 is 0 Å². The maximum absolute atomic E-state index is 9.79. The van der Waals surface area contributed by atoms with Crippen molar-refractivity contribution < 1.29 is 42.5 Å². The Labute approximate surface area is 92.9 Å². The Bertz CT molecular complexity index is 449. The summed E-state index contributed by atoms with van der Waals surface area (Å²) in [6.07, 6.45) is 0.471. The van der Waals surface area contributed by atoms with Gasteiger partial charge in [-0.3, -0.25) is 13.7 Å². The van der Waals surface area contributed by atoms with Crippen molar-refractivity contribution in [2.45, 2.75) is 13.3 Å². The van der Waals surface area contributed by atoms with Crippen LogP contribution in [-0.4, -0.2) is 44.7 Å². The van der Waals surface area contributed by atoms with Gasteiger partial charge < -0.3 is 0 Å². The number of hydrogen-bond acceptors (Lipinski definition) is 7. The van der Waals surface area contributed by atoms with Crippen LogP contribution in [0.25, 0.3) is 0 Å². The molecule has 0 radical (unpaired) electrons. The molecule has 0 heterocycles. The first-order valence-electron chi connectivity index (χ1n) is 3.38. The molecule has 0 aliphatic rings. The van der Waals surface area contributed by atoms with Crippen molar-refractivity contribution in [2.24, 2.45) is 0 Å². The fourth-order valence-electron chi connectivity index (χ4n) is 0.367. The van der Waals surface area contributed by atoms with E-state index in [0.29, 0.717) is 6.42 Å². The molecule has 16 heavy (non-hydrogen) atoms. The molecule has 13 heteroatoms. The van der Waals surface area contributed by atoms with Crippen molar-refractivity contribution in [2.75, 3.05) is 5.75 Å². The second-order valence-corrected chi connectivity index (χ2v) is 6.04. The third-order valence-corrected chi connectivity index (χ3v) is 2.93. The molecule has 0 bridgehead atoms. The first kappa shape index (κ1) is 18.1. The van der Waals surface area contributed by atoms with Gasteiger partial charge in [0.1, 0.15) is 0 Å². The van der Waals surface area contributed by atoms with Crippen LogP contribution in [0.1, 0.15) is 13.3 Å². The molecule has 0 aliphatic heterocycles. The van der Waals surface area contributed by atoms with Gasteiger partial charge >= 0.3 is 20.8 Å². The molecule has 0 aromatic heterocycles. The van der Waals surface area contributed by atoms with Gasteiger partial charge in [0.25, 0.3) is 10.1 Å². The molecule has 0 aromatic carbocycles. The Morgan fingerprint density at radius 2 is 1.19 bits per heavy atom. The molecule has 100 valence electrons. The van der Waals surface area contributed by atoms with E-state index >= 15 is 0 Å². The average molecular weight is 302 g/mol. The predicted molar refractivity (Wildman–Crippen MR) is 50.9 cm³/mol. The molecule has 0 aromatic rings. The summed E-state index contributed by atoms with van der Waals surface area (Å²) in [5.41, 5.74) is 0. The van der Waals surface area contributed by atoms with E-state index in [2.05, 4.69) is 3.63 Å². The van der Waals surface area contributed by atoms with Gasteiger partial charge in [0.05, 0.1) is 5.75 Å². The maximum Gasteiger partial charge on any atom is 0.413 e. The zero-order valence-electron chi connectivity index (χ0n) is 7.84. The van der Waals surface area contributed by atoms with E-state index in [1.165, 1.54) is 0 Å². The number of hydrogen-bond donors (Lipinski definition) is 3. The summed E-state index contributed by atoms with van der Waals surface area (Å²) in [6, 6.07) is 0. The normalized spacial score (nSPS) is 12.8. The highest BCUT2D eigenvalue weighted by Gasteiger charge is 2.15. The predicted octanol–water partition coefficient (Wildman–Crippen LogP) is -1.11. The van der Waals surface area contributed by atoms with E-state index in [1.54, 1.807) is 6.92 Å². The van der Waals surface area contributed by atoms with Crippen molar-refractivity contribution in [3.8, 4) is 0 Å². The molecule has 0 unspecified atom stereocenters. The summed E-state index contributed by atoms with van der Waals surface area (Å²) in [6.45, 7) is 1.69. The van der Waals surface area contributed by atoms with Gasteiger partial charge in [-0.05, 0) is 6.42 Å². The lowest BCUT2D eigenvalue weighted by Gasteiger charge is -1.89. The third-order valence-electron chi connectivity index (χ3n) is 0.634. The molecule has 0 spiro atoms. The van der Waals surface area contributed by atoms with Gasteiger partial charge in [-0.25, -0.2) is 0 Å². The van der Waals surface area contributed by atoms with E-state index < -0.39 is 30.9 Å². The van der Waals surface area contributed by atoms with Gasteiger partial charge in [-0.1, -0.05) is 6.92 Å². The number of rotatable bonds is 4. The molecule has 3 N–H and O–H groups in total. The minimum atomic E-state index is -5.12. The molecule has 0 rings (SSSR count). The Morgan fingerprint density at radius 3 is 1.19 bits per heavy atom. The van der Waals surface area contributed by atoms with E-state index in [9.17, 15) is 25.3 Å². The largest absolute Gasteiger partial charge is 0.413 e. The van der Waals surface area contributed by atoms with Gasteiger partial charge in [0.2, 0.25) is 0 Å². The highest BCUT2D eigenvalue weighted by molar-refractivity contribution is 7.94. The quantitative estimate of drug-likeness (QED) is 0.540. The van der Waals surface area contributed by atoms with E-state index in [-0.39, 0.29) is 5.75 Å². The Kier molecular flexibility index (Phi) is 7.26. The highest BCUT2D eigenvalue weighted by Crippen LogP contribution is 1.91. The lowest BCUT2D eigenvalue weighted by molar-refractivity contribution is 0.344. The van der Waals surface area contributed by atoms with Crippen LogP contribution in [0, 0.1) is 0 Å². The minimum absolute atomic E-state index is 0.132. The SMILES string of the molecule is CCCS(=O)(=O)O.O=S(=O)(O)OS(=O)(=O)O. The van der Waals surface area contributed by atoms with Crippen LogP contribution in [0.5, 0.6) is 0 Å². The van der Waals surface area contributed by atoms with Gasteiger partial charge in [-0.2, -0.15) is 25.3 Å². The minimum Gasteiger partial charge on any atom is -0.286 e. The van der Waals surface area contributed by atoms with Crippen molar-refractivity contribution in [1.82, 2.24) is 0 Å². The van der Waals surface area contributed by atoms with Crippen molar-refractivity contribution in [3.63, 3.8) is 0 Å². The fourth-order valence-corrected chi connectivity index (χ4v) is 1.75. The van der Waals surface area contributed by atoms with Crippen LogP contribution in [0.15, 0.2) is 0 Å². The second kappa shape index (κ2) is 6.43. The standard InChI is InChI=1S/C3H8O3S.H2O7S2/c1-2-3-7(4,5)6;1-8(2,3)7-9(4,5)6/h2-3H2,1H3,(H,4,5,6);(H,1,2,3)(H,4,5,6). The van der Waals surface area contributed by atoms with Gasteiger partial charge in [0, 0.05) is 0 Å². The van der Waals surface area contributed by atoms with Crippen LogP contribution in [0.4, 0.5) is 0 Å². The van der Waals surface area contributed by atoms with Crippen molar-refractivity contribution in [1.29, 1.82) is 0 Å². The maximum atomic E-state index is 9.79. The molecular weight excluding hydrogens is 292 g/mol. The molecule has 0 amide bonds. The summed E-state index contributed by atoms with van der Waals surface area (Å²) in [5.74, 6) is -0.132. The van der Waals surface area contributed by atoms with E-state index in [0.717, 1.165) is 0 Å². The first-order valence-corrected chi connectivity index (χ1v) is 7.72. The molecule has 0 atom stereocenters. The zero-order valence-corrected chi connectivity index (χ0v) is 10.3. The monoisotopic (exact) mass is 302 g/mol. The van der Waals surface area contributed by atoms with Crippen molar-refractivity contribution in [3.05, 3.63) is 0 Å². The molecule has 0 saturated carbocycles. The van der Waals surface area contributed by atoms with Gasteiger partial charge in [0.15, 0.2) is 0 Å². The Hall–Kier alpha value is -0.310. The van der Waals surface area contributed by atoms with Crippen LogP contribution < -0.4 is 0 Å². The highest BCUT2D eigenvalue weighted by atomic mass is 32.3. The fraction of sp³-hybridized carbons (Fsp3) is 1.00. The molecule has 10 nitrogen and oxygen atoms in total.